The first-order chi connectivity index (χ1) is 16.3. The van der Waals surface area contributed by atoms with Gasteiger partial charge in [-0.05, 0) is 43.9 Å². The van der Waals surface area contributed by atoms with Gasteiger partial charge in [0.25, 0.3) is 0 Å². The predicted molar refractivity (Wildman–Crippen MR) is 137 cm³/mol. The number of hydrogen-bond donors (Lipinski definition) is 1. The molecule has 2 aromatic rings. The maximum absolute atomic E-state index is 12.5. The lowest BCUT2D eigenvalue weighted by Gasteiger charge is -2.40. The third-order valence-electron chi connectivity index (χ3n) is 5.89. The minimum atomic E-state index is -0.124. The van der Waals surface area contributed by atoms with Gasteiger partial charge in [-0.3, -0.25) is 9.59 Å². The molecule has 1 atom stereocenters. The van der Waals surface area contributed by atoms with Crippen molar-refractivity contribution >= 4 is 64.2 Å². The number of amides is 2. The molecule has 1 aliphatic heterocycles. The number of benzene rings is 1. The van der Waals surface area contributed by atoms with Gasteiger partial charge in [-0.15, -0.1) is 0 Å². The third-order valence-corrected chi connectivity index (χ3v) is 7.51. The Kier molecular flexibility index (Phi) is 8.45. The molecule has 1 aromatic heterocycles. The smallest absolute Gasteiger partial charge is 0.230 e. The summed E-state index contributed by atoms with van der Waals surface area (Å²) in [5.74, 6) is 1.26. The van der Waals surface area contributed by atoms with Gasteiger partial charge in [0.2, 0.25) is 11.8 Å². The van der Waals surface area contributed by atoms with Crippen LogP contribution in [0.15, 0.2) is 29.4 Å². The highest BCUT2D eigenvalue weighted by atomic mass is 35.5. The van der Waals surface area contributed by atoms with Crippen molar-refractivity contribution in [2.75, 3.05) is 36.8 Å². The van der Waals surface area contributed by atoms with E-state index in [4.69, 9.17) is 34.8 Å². The van der Waals surface area contributed by atoms with E-state index in [2.05, 4.69) is 27.1 Å². The summed E-state index contributed by atoms with van der Waals surface area (Å²) in [7, 11) is 0. The van der Waals surface area contributed by atoms with Crippen molar-refractivity contribution in [3.63, 3.8) is 0 Å². The van der Waals surface area contributed by atoms with Gasteiger partial charge in [0.15, 0.2) is 5.16 Å². The Morgan fingerprint density at radius 2 is 1.94 bits per heavy atom. The van der Waals surface area contributed by atoms with Crippen LogP contribution in [0.1, 0.15) is 25.3 Å². The SMILES string of the molecule is CC1CN(c2cc(Cl)nc(SCC(=O)NCCc3ccc(Cl)cc3Cl)n2)CCN1C(=O)C1CC1. The van der Waals surface area contributed by atoms with E-state index < -0.39 is 0 Å². The molecular formula is C23H26Cl3N5O2S. The number of nitrogens with one attached hydrogen (secondary N) is 1. The van der Waals surface area contributed by atoms with Crippen LogP contribution < -0.4 is 10.2 Å². The van der Waals surface area contributed by atoms with E-state index >= 15 is 0 Å². The molecule has 0 radical (unpaired) electrons. The number of aromatic nitrogens is 2. The fraction of sp³-hybridized carbons (Fsp3) is 0.478. The molecule has 34 heavy (non-hydrogen) atoms. The highest BCUT2D eigenvalue weighted by molar-refractivity contribution is 7.99. The fourth-order valence-corrected chi connectivity index (χ4v) is 5.33. The number of piperazine rings is 1. The van der Waals surface area contributed by atoms with Crippen LogP contribution in [0.25, 0.3) is 0 Å². The Bertz CT molecular complexity index is 1070. The molecule has 4 rings (SSSR count). The van der Waals surface area contributed by atoms with Gasteiger partial charge in [-0.1, -0.05) is 52.6 Å². The summed E-state index contributed by atoms with van der Waals surface area (Å²) in [5, 5.41) is 4.83. The highest BCUT2D eigenvalue weighted by Crippen LogP contribution is 2.33. The normalized spacial score (nSPS) is 18.2. The van der Waals surface area contributed by atoms with E-state index in [0.29, 0.717) is 58.8 Å². The molecule has 7 nitrogen and oxygen atoms in total. The van der Waals surface area contributed by atoms with Gasteiger partial charge in [-0.2, -0.15) is 0 Å². The van der Waals surface area contributed by atoms with Crippen LogP contribution in [0, 0.1) is 5.92 Å². The molecule has 0 spiro atoms. The minimum Gasteiger partial charge on any atom is -0.355 e. The van der Waals surface area contributed by atoms with E-state index in [1.165, 1.54) is 11.8 Å². The second-order valence-electron chi connectivity index (χ2n) is 8.56. The zero-order valence-corrected chi connectivity index (χ0v) is 21.9. The standard InChI is InChI=1S/C23H26Cl3N5O2S/c1-14-12-30(8-9-31(14)22(33)16-2-3-16)20-11-19(26)28-23(29-20)34-13-21(32)27-7-6-15-4-5-17(24)10-18(15)25/h4-5,10-11,14,16H,2-3,6-9,12-13H2,1H3,(H,27,32). The summed E-state index contributed by atoms with van der Waals surface area (Å²) in [6, 6.07) is 7.16. The average molecular weight is 543 g/mol. The van der Waals surface area contributed by atoms with Crippen LogP contribution in [0.2, 0.25) is 15.2 Å². The van der Waals surface area contributed by atoms with Gasteiger partial charge in [0, 0.05) is 54.3 Å². The maximum atomic E-state index is 12.5. The van der Waals surface area contributed by atoms with E-state index in [9.17, 15) is 9.59 Å². The van der Waals surface area contributed by atoms with Crippen molar-refractivity contribution in [3.05, 3.63) is 45.0 Å². The van der Waals surface area contributed by atoms with Crippen LogP contribution in [-0.2, 0) is 16.0 Å². The zero-order chi connectivity index (χ0) is 24.2. The van der Waals surface area contributed by atoms with Crippen molar-refractivity contribution in [2.45, 2.75) is 37.4 Å². The maximum Gasteiger partial charge on any atom is 0.230 e. The van der Waals surface area contributed by atoms with Crippen LogP contribution >= 0.6 is 46.6 Å². The Labute approximate surface area is 218 Å². The van der Waals surface area contributed by atoms with Gasteiger partial charge in [0.05, 0.1) is 5.75 Å². The minimum absolute atomic E-state index is 0.103. The second-order valence-corrected chi connectivity index (χ2v) is 10.7. The summed E-state index contributed by atoms with van der Waals surface area (Å²) < 4.78 is 0. The lowest BCUT2D eigenvalue weighted by atomic mass is 10.1. The van der Waals surface area contributed by atoms with Gasteiger partial charge >= 0.3 is 0 Å². The van der Waals surface area contributed by atoms with Crippen LogP contribution in [0.5, 0.6) is 0 Å². The Morgan fingerprint density at radius 1 is 1.15 bits per heavy atom. The number of hydrogen-bond acceptors (Lipinski definition) is 6. The number of carbonyl (C=O) groups is 2. The molecule has 2 heterocycles. The van der Waals surface area contributed by atoms with Crippen molar-refractivity contribution in [1.82, 2.24) is 20.2 Å². The molecule has 0 bridgehead atoms. The molecule has 2 fully saturated rings. The van der Waals surface area contributed by atoms with E-state index in [1.54, 1.807) is 18.2 Å². The molecule has 182 valence electrons. The topological polar surface area (TPSA) is 78.4 Å². The van der Waals surface area contributed by atoms with Crippen molar-refractivity contribution in [1.29, 1.82) is 0 Å². The molecular weight excluding hydrogens is 517 g/mol. The van der Waals surface area contributed by atoms with E-state index in [-0.39, 0.29) is 29.5 Å². The largest absolute Gasteiger partial charge is 0.355 e. The Hall–Kier alpha value is -1.74. The molecule has 1 saturated carbocycles. The lowest BCUT2D eigenvalue weighted by Crippen LogP contribution is -2.54. The average Bonchev–Trinajstić information content (AvgIpc) is 3.64. The van der Waals surface area contributed by atoms with Crippen molar-refractivity contribution in [2.24, 2.45) is 5.92 Å². The summed E-state index contributed by atoms with van der Waals surface area (Å²) in [6.45, 7) is 4.56. The monoisotopic (exact) mass is 541 g/mol. The summed E-state index contributed by atoms with van der Waals surface area (Å²) >= 11 is 19.6. The number of halogens is 3. The van der Waals surface area contributed by atoms with Gasteiger partial charge < -0.3 is 15.1 Å². The van der Waals surface area contributed by atoms with Crippen LogP contribution in [0.3, 0.4) is 0 Å². The predicted octanol–water partition coefficient (Wildman–Crippen LogP) is 4.33. The zero-order valence-electron chi connectivity index (χ0n) is 18.8. The van der Waals surface area contributed by atoms with Crippen molar-refractivity contribution in [3.8, 4) is 0 Å². The van der Waals surface area contributed by atoms with E-state index in [0.717, 1.165) is 18.4 Å². The molecule has 1 aromatic carbocycles. The third kappa shape index (κ3) is 6.68. The lowest BCUT2D eigenvalue weighted by molar-refractivity contribution is -0.135. The van der Waals surface area contributed by atoms with Gasteiger partial charge in [-0.25, -0.2) is 9.97 Å². The number of rotatable bonds is 8. The van der Waals surface area contributed by atoms with Crippen LogP contribution in [-0.4, -0.2) is 64.7 Å². The summed E-state index contributed by atoms with van der Waals surface area (Å²) in [4.78, 5) is 37.7. The first kappa shape index (κ1) is 25.4. The first-order valence-electron chi connectivity index (χ1n) is 11.2. The molecule has 1 N–H and O–H groups in total. The molecule has 2 aliphatic rings. The molecule has 1 unspecified atom stereocenters. The first-order valence-corrected chi connectivity index (χ1v) is 13.4. The molecule has 1 saturated heterocycles. The number of anilines is 1. The van der Waals surface area contributed by atoms with Crippen LogP contribution in [0.4, 0.5) is 5.82 Å². The molecule has 11 heteroatoms. The molecule has 2 amide bonds. The number of thioether (sulfide) groups is 1. The Balaban J connectivity index is 1.27. The van der Waals surface area contributed by atoms with Gasteiger partial charge in [0.1, 0.15) is 11.0 Å². The fourth-order valence-electron chi connectivity index (χ4n) is 3.91. The Morgan fingerprint density at radius 3 is 2.65 bits per heavy atom. The number of nitrogens with zero attached hydrogens (tertiary/aromatic N) is 4. The quantitative estimate of drug-likeness (QED) is 0.304. The summed E-state index contributed by atoms with van der Waals surface area (Å²) in [6.07, 6.45) is 2.63. The summed E-state index contributed by atoms with van der Waals surface area (Å²) in [5.41, 5.74) is 0.926. The molecule has 1 aliphatic carbocycles. The van der Waals surface area contributed by atoms with Crippen molar-refractivity contribution < 1.29 is 9.59 Å². The number of carbonyl (C=O) groups excluding carboxylic acids is 2. The second kappa shape index (κ2) is 11.3. The van der Waals surface area contributed by atoms with E-state index in [1.807, 2.05) is 11.0 Å². The highest BCUT2D eigenvalue weighted by Gasteiger charge is 2.37.